The molecule has 30 heavy (non-hydrogen) atoms. The van der Waals surface area contributed by atoms with Crippen molar-refractivity contribution in [1.29, 1.82) is 0 Å². The topological polar surface area (TPSA) is 127 Å². The summed E-state index contributed by atoms with van der Waals surface area (Å²) in [6.07, 6.45) is -0.238. The maximum absolute atomic E-state index is 13.0. The van der Waals surface area contributed by atoms with Gasteiger partial charge >= 0.3 is 18.3 Å². The molecular weight excluding hydrogens is 396 g/mol. The number of rotatable bonds is 9. The van der Waals surface area contributed by atoms with Gasteiger partial charge in [0.15, 0.2) is 0 Å². The van der Waals surface area contributed by atoms with Gasteiger partial charge in [0.25, 0.3) is 0 Å². The van der Waals surface area contributed by atoms with Gasteiger partial charge in [-0.2, -0.15) is 0 Å². The van der Waals surface area contributed by atoms with Crippen LogP contribution in [0.2, 0.25) is 0 Å². The molecule has 1 heterocycles. The smallest absolute Gasteiger partial charge is 0.409 e. The number of carbonyl (C=O) groups is 4. The molecule has 0 aromatic heterocycles. The first-order valence-electron chi connectivity index (χ1n) is 10.3. The zero-order valence-corrected chi connectivity index (χ0v) is 18.3. The molecule has 0 aromatic rings. The van der Waals surface area contributed by atoms with Gasteiger partial charge in [-0.3, -0.25) is 4.79 Å². The molecular formula is C19H34N4O7. The molecule has 1 aliphatic heterocycles. The van der Waals surface area contributed by atoms with Crippen molar-refractivity contribution in [3.8, 4) is 0 Å². The summed E-state index contributed by atoms with van der Waals surface area (Å²) in [6.45, 7) is 7.33. The molecule has 4 amide bonds. The molecule has 0 radical (unpaired) electrons. The molecule has 0 bridgehead atoms. The number of hydrogen-bond acceptors (Lipinski definition) is 7. The number of amides is 4. The fourth-order valence-corrected chi connectivity index (χ4v) is 2.95. The Bertz CT molecular complexity index is 577. The third-order valence-corrected chi connectivity index (χ3v) is 4.42. The van der Waals surface area contributed by atoms with E-state index in [0.717, 1.165) is 0 Å². The molecule has 1 rings (SSSR count). The van der Waals surface area contributed by atoms with Crippen molar-refractivity contribution >= 4 is 24.2 Å². The lowest BCUT2D eigenvalue weighted by Gasteiger charge is -2.35. The average Bonchev–Trinajstić information content (AvgIpc) is 2.71. The van der Waals surface area contributed by atoms with Gasteiger partial charge < -0.3 is 34.6 Å². The lowest BCUT2D eigenvalue weighted by Crippen LogP contribution is -2.56. The molecule has 0 aliphatic carbocycles. The molecule has 1 aliphatic rings. The van der Waals surface area contributed by atoms with Crippen molar-refractivity contribution in [2.75, 3.05) is 46.4 Å². The van der Waals surface area contributed by atoms with Crippen LogP contribution in [0.5, 0.6) is 0 Å². The fourth-order valence-electron chi connectivity index (χ4n) is 2.95. The zero-order valence-electron chi connectivity index (χ0n) is 18.3. The molecule has 2 N–H and O–H groups in total. The van der Waals surface area contributed by atoms with E-state index >= 15 is 0 Å². The number of ether oxygens (including phenoxy) is 3. The lowest BCUT2D eigenvalue weighted by molar-refractivity contribution is -0.135. The van der Waals surface area contributed by atoms with Gasteiger partial charge in [-0.25, -0.2) is 14.4 Å². The molecule has 0 aromatic carbocycles. The Hall–Kier alpha value is -2.72. The second-order valence-corrected chi connectivity index (χ2v) is 7.08. The minimum Gasteiger partial charge on any atom is -0.453 e. The molecule has 11 heteroatoms. The summed E-state index contributed by atoms with van der Waals surface area (Å²) in [7, 11) is 1.32. The second kappa shape index (κ2) is 13.5. The van der Waals surface area contributed by atoms with Gasteiger partial charge in [0.2, 0.25) is 5.91 Å². The number of unbranched alkanes of at least 4 members (excludes halogenated alkanes) is 1. The maximum atomic E-state index is 13.0. The second-order valence-electron chi connectivity index (χ2n) is 7.08. The van der Waals surface area contributed by atoms with Gasteiger partial charge in [-0.05, 0) is 40.0 Å². The Balaban J connectivity index is 2.57. The quantitative estimate of drug-likeness (QED) is 0.417. The number of nitrogens with zero attached hydrogens (tertiary/aromatic N) is 2. The average molecular weight is 431 g/mol. The summed E-state index contributed by atoms with van der Waals surface area (Å²) in [5.41, 5.74) is 0. The van der Waals surface area contributed by atoms with E-state index in [0.29, 0.717) is 58.6 Å². The monoisotopic (exact) mass is 430 g/mol. The van der Waals surface area contributed by atoms with Crippen LogP contribution in [-0.4, -0.2) is 92.6 Å². The molecule has 1 fully saturated rings. The summed E-state index contributed by atoms with van der Waals surface area (Å²) in [5.74, 6) is -0.224. The SMILES string of the molecule is CCOC(=O)NCCCCC(NC(=O)OC(C)C)C(=O)N1CCN(C(=O)OC)CC1. The van der Waals surface area contributed by atoms with E-state index in [-0.39, 0.29) is 12.0 Å². The Morgan fingerprint density at radius 2 is 1.60 bits per heavy atom. The first kappa shape index (κ1) is 25.3. The molecule has 0 saturated carbocycles. The van der Waals surface area contributed by atoms with Gasteiger partial charge in [-0.15, -0.1) is 0 Å². The van der Waals surface area contributed by atoms with E-state index < -0.39 is 24.3 Å². The lowest BCUT2D eigenvalue weighted by atomic mass is 10.1. The van der Waals surface area contributed by atoms with Crippen molar-refractivity contribution in [2.24, 2.45) is 0 Å². The summed E-state index contributed by atoms with van der Waals surface area (Å²) >= 11 is 0. The third kappa shape index (κ3) is 9.19. The van der Waals surface area contributed by atoms with E-state index in [1.165, 1.54) is 12.0 Å². The van der Waals surface area contributed by atoms with Crippen LogP contribution in [0, 0.1) is 0 Å². The van der Waals surface area contributed by atoms with Crippen LogP contribution in [0.1, 0.15) is 40.0 Å². The summed E-state index contributed by atoms with van der Waals surface area (Å²) in [4.78, 5) is 51.0. The van der Waals surface area contributed by atoms with Crippen LogP contribution in [-0.2, 0) is 19.0 Å². The van der Waals surface area contributed by atoms with E-state index in [1.54, 1.807) is 25.7 Å². The molecule has 0 spiro atoms. The van der Waals surface area contributed by atoms with E-state index in [1.807, 2.05) is 0 Å². The van der Waals surface area contributed by atoms with Gasteiger partial charge in [-0.1, -0.05) is 0 Å². The Kier molecular flexibility index (Phi) is 11.4. The normalized spacial score (nSPS) is 14.7. The minimum atomic E-state index is -0.747. The zero-order chi connectivity index (χ0) is 22.5. The number of alkyl carbamates (subject to hydrolysis) is 2. The number of hydrogen-bond donors (Lipinski definition) is 2. The summed E-state index contributed by atoms with van der Waals surface area (Å²) in [5, 5.41) is 5.26. The van der Waals surface area contributed by atoms with Crippen LogP contribution in [0.15, 0.2) is 0 Å². The van der Waals surface area contributed by atoms with Crippen LogP contribution < -0.4 is 10.6 Å². The predicted molar refractivity (Wildman–Crippen MR) is 108 cm³/mol. The third-order valence-electron chi connectivity index (χ3n) is 4.42. The Labute approximate surface area is 177 Å². The fraction of sp³-hybridized carbons (Fsp3) is 0.789. The van der Waals surface area contributed by atoms with Crippen molar-refractivity contribution in [2.45, 2.75) is 52.2 Å². The van der Waals surface area contributed by atoms with Crippen molar-refractivity contribution in [3.05, 3.63) is 0 Å². The van der Waals surface area contributed by atoms with Crippen molar-refractivity contribution in [3.63, 3.8) is 0 Å². The summed E-state index contributed by atoms with van der Waals surface area (Å²) in [6, 6.07) is -0.747. The predicted octanol–water partition coefficient (Wildman–Crippen LogP) is 1.32. The van der Waals surface area contributed by atoms with Crippen molar-refractivity contribution < 1.29 is 33.4 Å². The van der Waals surface area contributed by atoms with Gasteiger partial charge in [0.05, 0.1) is 19.8 Å². The highest BCUT2D eigenvalue weighted by Gasteiger charge is 2.30. The Morgan fingerprint density at radius 1 is 0.967 bits per heavy atom. The number of nitrogens with one attached hydrogen (secondary N) is 2. The molecule has 1 atom stereocenters. The van der Waals surface area contributed by atoms with Crippen LogP contribution in [0.4, 0.5) is 14.4 Å². The minimum absolute atomic E-state index is 0.224. The number of methoxy groups -OCH3 is 1. The standard InChI is InChI=1S/C19H34N4O7/c1-5-29-17(25)20-9-7-6-8-15(21-18(26)30-14(2)3)16(24)22-10-12-23(13-11-22)19(27)28-4/h14-15H,5-13H2,1-4H3,(H,20,25)(H,21,26). The van der Waals surface area contributed by atoms with Crippen LogP contribution >= 0.6 is 0 Å². The number of piperazine rings is 1. The molecule has 1 saturated heterocycles. The van der Waals surface area contributed by atoms with E-state index in [9.17, 15) is 19.2 Å². The Morgan fingerprint density at radius 3 is 2.17 bits per heavy atom. The molecule has 172 valence electrons. The van der Waals surface area contributed by atoms with E-state index in [2.05, 4.69) is 10.6 Å². The largest absolute Gasteiger partial charge is 0.453 e. The van der Waals surface area contributed by atoms with Crippen LogP contribution in [0.25, 0.3) is 0 Å². The highest BCUT2D eigenvalue weighted by molar-refractivity contribution is 5.86. The van der Waals surface area contributed by atoms with Gasteiger partial charge in [0, 0.05) is 32.7 Å². The van der Waals surface area contributed by atoms with Crippen LogP contribution in [0.3, 0.4) is 0 Å². The maximum Gasteiger partial charge on any atom is 0.409 e. The first-order valence-corrected chi connectivity index (χ1v) is 10.3. The highest BCUT2D eigenvalue weighted by Crippen LogP contribution is 2.10. The first-order chi connectivity index (χ1) is 14.3. The highest BCUT2D eigenvalue weighted by atomic mass is 16.6. The van der Waals surface area contributed by atoms with E-state index in [4.69, 9.17) is 14.2 Å². The van der Waals surface area contributed by atoms with Crippen molar-refractivity contribution in [1.82, 2.24) is 20.4 Å². The van der Waals surface area contributed by atoms with Gasteiger partial charge in [0.1, 0.15) is 6.04 Å². The molecule has 11 nitrogen and oxygen atoms in total. The summed E-state index contributed by atoms with van der Waals surface area (Å²) < 4.78 is 14.6. The number of carbonyl (C=O) groups excluding carboxylic acids is 4. The molecule has 1 unspecified atom stereocenters.